The van der Waals surface area contributed by atoms with Crippen molar-refractivity contribution in [3.63, 3.8) is 0 Å². The molecule has 0 bridgehead atoms. The highest BCUT2D eigenvalue weighted by Crippen LogP contribution is 2.36. The van der Waals surface area contributed by atoms with E-state index in [1.807, 2.05) is 18.2 Å². The first-order chi connectivity index (χ1) is 25.1. The molecule has 0 aliphatic heterocycles. The van der Waals surface area contributed by atoms with Crippen LogP contribution in [0, 0.1) is 0 Å². The number of aliphatic hydroxyl groups excluding tert-OH is 2. The van der Waals surface area contributed by atoms with Crippen molar-refractivity contribution in [2.24, 2.45) is 0 Å². The third-order valence-corrected chi connectivity index (χ3v) is 8.71. The number of hydrogen-bond donors (Lipinski definition) is 4. The zero-order valence-corrected chi connectivity index (χ0v) is 33.1. The molecular weight excluding hydrogens is 683 g/mol. The van der Waals surface area contributed by atoms with Crippen molar-refractivity contribution >= 4 is 19.8 Å². The summed E-state index contributed by atoms with van der Waals surface area (Å²) in [6.45, 7) is 3.29. The maximum atomic E-state index is 12.4. The smallest absolute Gasteiger partial charge is 0.462 e. The summed E-state index contributed by atoms with van der Waals surface area (Å²) < 4.78 is 26.2. The molecular formula is C41H71O10P. The average molecular weight is 755 g/mol. The molecule has 3 atom stereocenters. The number of esters is 2. The van der Waals surface area contributed by atoms with Crippen molar-refractivity contribution in [2.75, 3.05) is 13.2 Å². The Bertz CT molecular complexity index is 1060. The summed E-state index contributed by atoms with van der Waals surface area (Å²) in [5.41, 5.74) is 0. The average Bonchev–Trinajstić information content (AvgIpc) is 3.11. The van der Waals surface area contributed by atoms with Crippen molar-refractivity contribution in [1.82, 2.24) is 0 Å². The number of ether oxygens (including phenoxy) is 2. The monoisotopic (exact) mass is 754 g/mol. The molecule has 0 saturated heterocycles. The number of phosphoric ester groups is 1. The van der Waals surface area contributed by atoms with Gasteiger partial charge in [0, 0.05) is 12.8 Å². The number of aliphatic hydroxyl groups is 2. The fourth-order valence-electron chi connectivity index (χ4n) is 5.16. The van der Waals surface area contributed by atoms with Crippen LogP contribution >= 0.6 is 7.82 Å². The molecule has 0 aliphatic rings. The quantitative estimate of drug-likeness (QED) is 0.0212. The molecule has 0 fully saturated rings. The maximum Gasteiger partial charge on any atom is 0.469 e. The summed E-state index contributed by atoms with van der Waals surface area (Å²) in [6, 6.07) is 0. The highest BCUT2D eigenvalue weighted by molar-refractivity contribution is 7.46. The second-order valence-electron chi connectivity index (χ2n) is 13.2. The highest BCUT2D eigenvalue weighted by atomic mass is 31.2. The molecule has 0 spiro atoms. The van der Waals surface area contributed by atoms with E-state index in [1.54, 1.807) is 0 Å². The number of unbranched alkanes of at least 4 members (excludes halogenated alkanes) is 11. The SMILES string of the molecule is CC/C=C\C/C=C\C/C=C\C/C=C\C[C@H](O)[C@@H](O)CCCC(=O)OC[C@H](COP(=O)(O)O)OC(=O)CCCCCCCCC/C=C\CCCCCC. The van der Waals surface area contributed by atoms with Gasteiger partial charge in [-0.25, -0.2) is 4.57 Å². The Balaban J connectivity index is 4.22. The first-order valence-corrected chi connectivity index (χ1v) is 21.3. The lowest BCUT2D eigenvalue weighted by Crippen LogP contribution is -2.29. The van der Waals surface area contributed by atoms with E-state index >= 15 is 0 Å². The molecule has 0 unspecified atom stereocenters. The number of carbonyl (C=O) groups excluding carboxylic acids is 2. The van der Waals surface area contributed by atoms with Crippen molar-refractivity contribution in [3.05, 3.63) is 60.8 Å². The van der Waals surface area contributed by atoms with Crippen molar-refractivity contribution in [2.45, 2.75) is 173 Å². The number of hydrogen-bond acceptors (Lipinski definition) is 8. The Kier molecular flexibility index (Phi) is 34.1. The van der Waals surface area contributed by atoms with Gasteiger partial charge in [-0.3, -0.25) is 14.1 Å². The van der Waals surface area contributed by atoms with E-state index in [2.05, 4.69) is 60.9 Å². The molecule has 0 aromatic carbocycles. The first-order valence-electron chi connectivity index (χ1n) is 19.7. The van der Waals surface area contributed by atoms with Crippen molar-refractivity contribution in [3.8, 4) is 0 Å². The second kappa shape index (κ2) is 35.7. The van der Waals surface area contributed by atoms with E-state index < -0.39 is 51.3 Å². The van der Waals surface area contributed by atoms with E-state index in [9.17, 15) is 24.4 Å². The van der Waals surface area contributed by atoms with Crippen LogP contribution in [-0.4, -0.2) is 63.5 Å². The third-order valence-electron chi connectivity index (χ3n) is 8.22. The minimum absolute atomic E-state index is 0.0520. The molecule has 0 aromatic heterocycles. The number of phosphoric acid groups is 1. The molecule has 0 radical (unpaired) electrons. The van der Waals surface area contributed by atoms with Crippen molar-refractivity contribution < 1.29 is 48.2 Å². The Hall–Kier alpha value is -2.33. The van der Waals surface area contributed by atoms with E-state index in [0.29, 0.717) is 6.42 Å². The van der Waals surface area contributed by atoms with Gasteiger partial charge in [-0.1, -0.05) is 126 Å². The minimum atomic E-state index is -4.82. The summed E-state index contributed by atoms with van der Waals surface area (Å²) in [5, 5.41) is 20.5. The van der Waals surface area contributed by atoms with Gasteiger partial charge in [0.15, 0.2) is 6.10 Å². The Labute approximate surface area is 314 Å². The van der Waals surface area contributed by atoms with E-state index in [1.165, 1.54) is 44.9 Å². The molecule has 0 heterocycles. The number of carbonyl (C=O) groups is 2. The van der Waals surface area contributed by atoms with Crippen LogP contribution in [0.4, 0.5) is 0 Å². The van der Waals surface area contributed by atoms with Crippen LogP contribution in [0.1, 0.15) is 155 Å². The van der Waals surface area contributed by atoms with Crippen LogP contribution in [0.2, 0.25) is 0 Å². The molecule has 0 aromatic rings. The summed E-state index contributed by atoms with van der Waals surface area (Å²) in [5.74, 6) is -1.18. The van der Waals surface area contributed by atoms with E-state index in [-0.39, 0.29) is 32.1 Å². The minimum Gasteiger partial charge on any atom is -0.462 e. The van der Waals surface area contributed by atoms with Gasteiger partial charge in [0.25, 0.3) is 0 Å². The van der Waals surface area contributed by atoms with Gasteiger partial charge in [0.05, 0.1) is 18.8 Å². The Morgan fingerprint density at radius 3 is 1.69 bits per heavy atom. The molecule has 0 amide bonds. The second-order valence-corrected chi connectivity index (χ2v) is 14.4. The van der Waals surface area contributed by atoms with Crippen LogP contribution in [0.15, 0.2) is 60.8 Å². The highest BCUT2D eigenvalue weighted by Gasteiger charge is 2.23. The van der Waals surface area contributed by atoms with Crippen LogP contribution in [-0.2, 0) is 28.2 Å². The maximum absolute atomic E-state index is 12.4. The van der Waals surface area contributed by atoms with Gasteiger partial charge in [-0.2, -0.15) is 0 Å². The van der Waals surface area contributed by atoms with E-state index in [0.717, 1.165) is 57.8 Å². The van der Waals surface area contributed by atoms with Gasteiger partial charge < -0.3 is 29.5 Å². The zero-order chi connectivity index (χ0) is 38.5. The van der Waals surface area contributed by atoms with Gasteiger partial charge in [-0.15, -0.1) is 0 Å². The molecule has 0 saturated carbocycles. The lowest BCUT2D eigenvalue weighted by molar-refractivity contribution is -0.161. The molecule has 11 heteroatoms. The number of allylic oxidation sites excluding steroid dienone is 9. The predicted octanol–water partition coefficient (Wildman–Crippen LogP) is 9.68. The summed E-state index contributed by atoms with van der Waals surface area (Å²) in [7, 11) is -4.82. The van der Waals surface area contributed by atoms with Gasteiger partial charge >= 0.3 is 19.8 Å². The number of rotatable bonds is 35. The molecule has 4 N–H and O–H groups in total. The molecule has 0 rings (SSSR count). The molecule has 300 valence electrons. The molecule has 0 aliphatic carbocycles. The lowest BCUT2D eigenvalue weighted by atomic mass is 10.0. The van der Waals surface area contributed by atoms with E-state index in [4.69, 9.17) is 19.3 Å². The van der Waals surface area contributed by atoms with Crippen molar-refractivity contribution in [1.29, 1.82) is 0 Å². The third kappa shape index (κ3) is 36.0. The largest absolute Gasteiger partial charge is 0.469 e. The van der Waals surface area contributed by atoms with Gasteiger partial charge in [-0.05, 0) is 77.0 Å². The van der Waals surface area contributed by atoms with Crippen LogP contribution in [0.5, 0.6) is 0 Å². The van der Waals surface area contributed by atoms with Gasteiger partial charge in [0.1, 0.15) is 6.61 Å². The van der Waals surface area contributed by atoms with Crippen LogP contribution in [0.25, 0.3) is 0 Å². The Morgan fingerprint density at radius 1 is 0.596 bits per heavy atom. The first kappa shape index (κ1) is 49.7. The lowest BCUT2D eigenvalue weighted by Gasteiger charge is -2.19. The Morgan fingerprint density at radius 2 is 1.12 bits per heavy atom. The molecule has 10 nitrogen and oxygen atoms in total. The normalized spacial score (nSPS) is 14.3. The van der Waals surface area contributed by atoms with Gasteiger partial charge in [0.2, 0.25) is 0 Å². The summed E-state index contributed by atoms with van der Waals surface area (Å²) >= 11 is 0. The fourth-order valence-corrected chi connectivity index (χ4v) is 5.52. The van der Waals surface area contributed by atoms with Crippen LogP contribution in [0.3, 0.4) is 0 Å². The fraction of sp³-hybridized carbons (Fsp3) is 0.707. The summed E-state index contributed by atoms with van der Waals surface area (Å²) in [4.78, 5) is 42.8. The van der Waals surface area contributed by atoms with Crippen LogP contribution < -0.4 is 0 Å². The topological polar surface area (TPSA) is 160 Å². The standard InChI is InChI=1S/C41H71O10P/c1-3-5-7-9-11-13-15-17-18-19-21-23-25-27-29-33-41(45)51-37(36-50-52(46,47)48)35-49-40(44)34-30-32-39(43)38(42)31-28-26-24-22-20-16-14-12-10-8-6-4-2/h6,8,12-15,20,22,26,28,37-39,42-43H,3-5,7,9-11,16-19,21,23-25,27,29-36H2,1-2H3,(H2,46,47,48)/b8-6-,14-12-,15-13-,22-20-,28-26-/t37-,38+,39+/m1/s1. The zero-order valence-electron chi connectivity index (χ0n) is 32.2. The molecule has 52 heavy (non-hydrogen) atoms. The summed E-state index contributed by atoms with van der Waals surface area (Å²) in [6.07, 6.45) is 36.9. The predicted molar refractivity (Wildman–Crippen MR) is 209 cm³/mol.